The number of hydrogen-bond acceptors (Lipinski definition) is 3. The molecule has 0 atom stereocenters. The first-order valence-electron chi connectivity index (χ1n) is 13.0. The normalized spacial score (nSPS) is 17.3. The van der Waals surface area contributed by atoms with Crippen molar-refractivity contribution in [1.29, 1.82) is 0 Å². The van der Waals surface area contributed by atoms with Gasteiger partial charge in [-0.2, -0.15) is 4.39 Å². The Kier molecular flexibility index (Phi) is 9.45. The van der Waals surface area contributed by atoms with Gasteiger partial charge in [0.1, 0.15) is 5.75 Å². The topological polar surface area (TPSA) is 27.7 Å². The molecule has 0 unspecified atom stereocenters. The molecule has 3 nitrogen and oxygen atoms in total. The average molecular weight is 529 g/mol. The zero-order valence-electron chi connectivity index (χ0n) is 21.5. The van der Waals surface area contributed by atoms with Crippen LogP contribution < -0.4 is 9.47 Å². The molecule has 0 heterocycles. The molecule has 1 aliphatic rings. The third-order valence-electron chi connectivity index (χ3n) is 6.88. The Morgan fingerprint density at radius 3 is 2.24 bits per heavy atom. The molecule has 1 aliphatic carbocycles. The summed E-state index contributed by atoms with van der Waals surface area (Å²) in [4.78, 5) is 0. The fourth-order valence-electron chi connectivity index (χ4n) is 4.80. The van der Waals surface area contributed by atoms with Crippen molar-refractivity contribution in [2.75, 3.05) is 13.2 Å². The molecule has 4 rings (SSSR count). The maximum Gasteiger partial charge on any atom is 0.200 e. The predicted molar refractivity (Wildman–Crippen MR) is 139 cm³/mol. The molecule has 202 valence electrons. The van der Waals surface area contributed by atoms with Crippen LogP contribution in [0, 0.1) is 23.3 Å². The summed E-state index contributed by atoms with van der Waals surface area (Å²) in [5.41, 5.74) is 1.19. The molecular formula is C31H32F4O3. The van der Waals surface area contributed by atoms with Crippen LogP contribution in [0.15, 0.2) is 61.2 Å². The van der Waals surface area contributed by atoms with Crippen molar-refractivity contribution in [3.63, 3.8) is 0 Å². The molecule has 0 amide bonds. The highest BCUT2D eigenvalue weighted by atomic mass is 19.2. The van der Waals surface area contributed by atoms with E-state index in [2.05, 4.69) is 6.58 Å². The van der Waals surface area contributed by atoms with Crippen LogP contribution in [0.1, 0.15) is 56.1 Å². The number of halogens is 4. The van der Waals surface area contributed by atoms with E-state index >= 15 is 0 Å². The molecule has 38 heavy (non-hydrogen) atoms. The summed E-state index contributed by atoms with van der Waals surface area (Å²) in [5, 5.41) is 0. The number of ether oxygens (including phenoxy) is 3. The highest BCUT2D eigenvalue weighted by Crippen LogP contribution is 2.38. The molecule has 0 N–H and O–H groups in total. The van der Waals surface area contributed by atoms with Crippen LogP contribution in [-0.4, -0.2) is 19.3 Å². The van der Waals surface area contributed by atoms with Gasteiger partial charge in [-0.1, -0.05) is 36.4 Å². The minimum Gasteiger partial charge on any atom is -0.494 e. The second kappa shape index (κ2) is 13.0. The van der Waals surface area contributed by atoms with Crippen LogP contribution >= 0.6 is 0 Å². The smallest absolute Gasteiger partial charge is 0.200 e. The molecule has 1 fully saturated rings. The first-order chi connectivity index (χ1) is 18.4. The minimum absolute atomic E-state index is 0.0681. The van der Waals surface area contributed by atoms with Crippen molar-refractivity contribution in [1.82, 2.24) is 0 Å². The van der Waals surface area contributed by atoms with Crippen LogP contribution in [0.4, 0.5) is 17.6 Å². The van der Waals surface area contributed by atoms with Crippen LogP contribution in [0.5, 0.6) is 11.5 Å². The van der Waals surface area contributed by atoms with Crippen molar-refractivity contribution in [2.45, 2.75) is 57.7 Å². The van der Waals surface area contributed by atoms with Crippen LogP contribution in [0.3, 0.4) is 0 Å². The lowest BCUT2D eigenvalue weighted by Gasteiger charge is -2.29. The lowest BCUT2D eigenvalue weighted by atomic mass is 9.82. The van der Waals surface area contributed by atoms with E-state index in [-0.39, 0.29) is 42.1 Å². The monoisotopic (exact) mass is 528 g/mol. The van der Waals surface area contributed by atoms with Gasteiger partial charge in [0.05, 0.1) is 25.9 Å². The van der Waals surface area contributed by atoms with Crippen LogP contribution in [-0.2, 0) is 11.3 Å². The molecule has 0 radical (unpaired) electrons. The summed E-state index contributed by atoms with van der Waals surface area (Å²) in [7, 11) is 0. The molecule has 1 saturated carbocycles. The maximum absolute atomic E-state index is 14.8. The van der Waals surface area contributed by atoms with Gasteiger partial charge in [0.15, 0.2) is 23.2 Å². The van der Waals surface area contributed by atoms with E-state index in [1.54, 1.807) is 42.5 Å². The minimum atomic E-state index is -0.976. The van der Waals surface area contributed by atoms with E-state index in [1.165, 1.54) is 12.1 Å². The summed E-state index contributed by atoms with van der Waals surface area (Å²) < 4.78 is 75.4. The van der Waals surface area contributed by atoms with Crippen molar-refractivity contribution in [3.05, 3.63) is 95.6 Å². The molecular weight excluding hydrogens is 496 g/mol. The summed E-state index contributed by atoms with van der Waals surface area (Å²) in [6.45, 7) is 6.14. The molecule has 0 bridgehead atoms. The highest BCUT2D eigenvalue weighted by molar-refractivity contribution is 5.65. The summed E-state index contributed by atoms with van der Waals surface area (Å²) >= 11 is 0. The molecule has 0 aromatic heterocycles. The Morgan fingerprint density at radius 1 is 0.816 bits per heavy atom. The van der Waals surface area contributed by atoms with Gasteiger partial charge in [-0.25, -0.2) is 13.2 Å². The van der Waals surface area contributed by atoms with Gasteiger partial charge in [0, 0.05) is 11.1 Å². The first-order valence-corrected chi connectivity index (χ1v) is 13.0. The number of rotatable bonds is 11. The third kappa shape index (κ3) is 6.38. The van der Waals surface area contributed by atoms with Crippen LogP contribution in [0.2, 0.25) is 0 Å². The zero-order chi connectivity index (χ0) is 27.1. The molecule has 0 saturated heterocycles. The van der Waals surface area contributed by atoms with Crippen LogP contribution in [0.25, 0.3) is 11.1 Å². The van der Waals surface area contributed by atoms with Crippen molar-refractivity contribution in [2.24, 2.45) is 0 Å². The third-order valence-corrected chi connectivity index (χ3v) is 6.88. The van der Waals surface area contributed by atoms with Gasteiger partial charge in [0.25, 0.3) is 0 Å². The standard InChI is InChI=1S/C31H32F4O3/c1-3-5-18-37-27-17-16-26(30(34)31(27)35)21-8-13-24(14-9-21)38-19-22-10-15-25(29(33)28(22)32)20-6-11-23(12-7-20)36-4-2/h3,6-7,10-12,15-17,21,24H,1,4-5,8-9,13-14,18-19H2,2H3. The van der Waals surface area contributed by atoms with Gasteiger partial charge < -0.3 is 14.2 Å². The second-order valence-corrected chi connectivity index (χ2v) is 9.35. The van der Waals surface area contributed by atoms with Gasteiger partial charge in [0.2, 0.25) is 5.82 Å². The zero-order valence-corrected chi connectivity index (χ0v) is 21.5. The number of benzene rings is 3. The second-order valence-electron chi connectivity index (χ2n) is 9.35. The Hall–Kier alpha value is -3.32. The van der Waals surface area contributed by atoms with Gasteiger partial charge in [-0.3, -0.25) is 0 Å². The number of hydrogen-bond donors (Lipinski definition) is 0. The lowest BCUT2D eigenvalue weighted by molar-refractivity contribution is 0.0116. The fraction of sp³-hybridized carbons (Fsp3) is 0.355. The summed E-state index contributed by atoms with van der Waals surface area (Å²) in [5.74, 6) is -3.30. The Balaban J connectivity index is 1.33. The van der Waals surface area contributed by atoms with E-state index in [0.29, 0.717) is 55.6 Å². The van der Waals surface area contributed by atoms with Gasteiger partial charge in [-0.15, -0.1) is 6.58 Å². The van der Waals surface area contributed by atoms with E-state index in [0.717, 1.165) is 0 Å². The largest absolute Gasteiger partial charge is 0.494 e. The van der Waals surface area contributed by atoms with Crippen molar-refractivity contribution >= 4 is 0 Å². The van der Waals surface area contributed by atoms with E-state index < -0.39 is 23.3 Å². The quantitative estimate of drug-likeness (QED) is 0.142. The first kappa shape index (κ1) is 27.7. The van der Waals surface area contributed by atoms with Crippen molar-refractivity contribution < 1.29 is 31.8 Å². The SMILES string of the molecule is C=CCCOc1ccc(C2CCC(OCc3ccc(-c4ccc(OCC)cc4)c(F)c3F)CC2)c(F)c1F. The van der Waals surface area contributed by atoms with Gasteiger partial charge >= 0.3 is 0 Å². The Labute approximate surface area is 221 Å². The van der Waals surface area contributed by atoms with E-state index in [4.69, 9.17) is 14.2 Å². The molecule has 0 aliphatic heterocycles. The van der Waals surface area contributed by atoms with Gasteiger partial charge in [-0.05, 0) is 74.3 Å². The Bertz CT molecular complexity index is 1230. The predicted octanol–water partition coefficient (Wildman–Crippen LogP) is 8.51. The molecule has 7 heteroatoms. The average Bonchev–Trinajstić information content (AvgIpc) is 2.93. The molecule has 3 aromatic carbocycles. The summed E-state index contributed by atoms with van der Waals surface area (Å²) in [6, 6.07) is 12.9. The molecule has 0 spiro atoms. The molecule has 3 aromatic rings. The highest BCUT2D eigenvalue weighted by Gasteiger charge is 2.27. The summed E-state index contributed by atoms with van der Waals surface area (Å²) in [6.07, 6.45) is 4.43. The lowest BCUT2D eigenvalue weighted by Crippen LogP contribution is -2.21. The van der Waals surface area contributed by atoms with E-state index in [9.17, 15) is 17.6 Å². The van der Waals surface area contributed by atoms with Crippen molar-refractivity contribution in [3.8, 4) is 22.6 Å². The Morgan fingerprint density at radius 2 is 1.55 bits per heavy atom. The van der Waals surface area contributed by atoms with E-state index in [1.807, 2.05) is 6.92 Å². The fourth-order valence-corrected chi connectivity index (χ4v) is 4.80. The maximum atomic E-state index is 14.8.